The summed E-state index contributed by atoms with van der Waals surface area (Å²) in [5, 5.41) is 13.3. The fraction of sp³-hybridized carbons (Fsp3) is 0.667. The standard InChI is InChI=1S/C12H19N3O2S/c1-7-9(8(2)16)18-11(14-7)15-6-5-13-10(17)12(15,3)4/h8,16H,5-6H2,1-4H3,(H,13,17). The zero-order valence-electron chi connectivity index (χ0n) is 11.1. The average Bonchev–Trinajstić information content (AvgIpc) is 2.64. The minimum Gasteiger partial charge on any atom is -0.388 e. The Hall–Kier alpha value is -1.14. The van der Waals surface area contributed by atoms with Crippen LogP contribution in [0, 0.1) is 6.92 Å². The zero-order valence-corrected chi connectivity index (χ0v) is 12.0. The largest absolute Gasteiger partial charge is 0.388 e. The van der Waals surface area contributed by atoms with Gasteiger partial charge in [-0.05, 0) is 27.7 Å². The highest BCUT2D eigenvalue weighted by atomic mass is 32.1. The summed E-state index contributed by atoms with van der Waals surface area (Å²) in [5.41, 5.74) is 0.241. The number of rotatable bonds is 2. The van der Waals surface area contributed by atoms with E-state index < -0.39 is 11.6 Å². The molecule has 2 rings (SSSR count). The summed E-state index contributed by atoms with van der Waals surface area (Å²) in [6, 6.07) is 0. The van der Waals surface area contributed by atoms with E-state index in [1.165, 1.54) is 11.3 Å². The van der Waals surface area contributed by atoms with Crippen LogP contribution in [-0.4, -0.2) is 34.6 Å². The number of nitrogens with one attached hydrogen (secondary N) is 1. The van der Waals surface area contributed by atoms with E-state index in [1.807, 2.05) is 25.7 Å². The number of piperazine rings is 1. The van der Waals surface area contributed by atoms with Crippen molar-refractivity contribution >= 4 is 22.4 Å². The predicted molar refractivity (Wildman–Crippen MR) is 71.9 cm³/mol. The van der Waals surface area contributed by atoms with E-state index in [4.69, 9.17) is 0 Å². The molecule has 1 aromatic heterocycles. The van der Waals surface area contributed by atoms with E-state index in [-0.39, 0.29) is 5.91 Å². The molecule has 1 saturated heterocycles. The molecule has 5 nitrogen and oxygen atoms in total. The molecule has 0 bridgehead atoms. The molecule has 1 unspecified atom stereocenters. The van der Waals surface area contributed by atoms with Gasteiger partial charge in [0, 0.05) is 13.1 Å². The lowest BCUT2D eigenvalue weighted by molar-refractivity contribution is -0.126. The second-order valence-electron chi connectivity index (χ2n) is 5.09. The van der Waals surface area contributed by atoms with Crippen LogP contribution in [0.1, 0.15) is 37.4 Å². The van der Waals surface area contributed by atoms with E-state index in [2.05, 4.69) is 10.3 Å². The highest BCUT2D eigenvalue weighted by molar-refractivity contribution is 7.15. The highest BCUT2D eigenvalue weighted by Gasteiger charge is 2.39. The summed E-state index contributed by atoms with van der Waals surface area (Å²) in [5.74, 6) is 0.0141. The maximum absolute atomic E-state index is 11.9. The number of amides is 1. The SMILES string of the molecule is Cc1nc(N2CCNC(=O)C2(C)C)sc1C(C)O. The van der Waals surface area contributed by atoms with Gasteiger partial charge in [0.15, 0.2) is 5.13 Å². The third-order valence-corrected chi connectivity index (χ3v) is 4.63. The fourth-order valence-corrected chi connectivity index (χ4v) is 3.30. The zero-order chi connectivity index (χ0) is 13.5. The number of aryl methyl sites for hydroxylation is 1. The summed E-state index contributed by atoms with van der Waals surface area (Å²) in [4.78, 5) is 19.3. The van der Waals surface area contributed by atoms with Crippen LogP contribution >= 0.6 is 11.3 Å². The Balaban J connectivity index is 2.36. The number of aliphatic hydroxyl groups is 1. The number of nitrogens with zero attached hydrogens (tertiary/aromatic N) is 2. The molecule has 0 radical (unpaired) electrons. The summed E-state index contributed by atoms with van der Waals surface area (Å²) < 4.78 is 0. The van der Waals surface area contributed by atoms with Crippen molar-refractivity contribution in [1.82, 2.24) is 10.3 Å². The van der Waals surface area contributed by atoms with Crippen molar-refractivity contribution in [3.8, 4) is 0 Å². The van der Waals surface area contributed by atoms with E-state index in [9.17, 15) is 9.90 Å². The van der Waals surface area contributed by atoms with Crippen LogP contribution in [0.4, 0.5) is 5.13 Å². The van der Waals surface area contributed by atoms with E-state index in [0.29, 0.717) is 6.54 Å². The molecule has 0 spiro atoms. The van der Waals surface area contributed by atoms with Crippen LogP contribution in [0.2, 0.25) is 0 Å². The monoisotopic (exact) mass is 269 g/mol. The summed E-state index contributed by atoms with van der Waals surface area (Å²) in [6.07, 6.45) is -0.516. The van der Waals surface area contributed by atoms with E-state index in [0.717, 1.165) is 22.2 Å². The fourth-order valence-electron chi connectivity index (χ4n) is 2.13. The van der Waals surface area contributed by atoms with Crippen LogP contribution < -0.4 is 10.2 Å². The molecule has 1 fully saturated rings. The molecule has 1 amide bonds. The highest BCUT2D eigenvalue weighted by Crippen LogP contribution is 2.34. The molecule has 100 valence electrons. The number of hydrogen-bond acceptors (Lipinski definition) is 5. The maximum atomic E-state index is 11.9. The molecule has 1 aliphatic rings. The maximum Gasteiger partial charge on any atom is 0.245 e. The first-order chi connectivity index (χ1) is 8.34. The normalized spacial score (nSPS) is 20.7. The van der Waals surface area contributed by atoms with Crippen LogP contribution in [-0.2, 0) is 4.79 Å². The molecule has 18 heavy (non-hydrogen) atoms. The number of aliphatic hydroxyl groups excluding tert-OH is 1. The third-order valence-electron chi connectivity index (χ3n) is 3.28. The van der Waals surface area contributed by atoms with Crippen molar-refractivity contribution in [2.75, 3.05) is 18.0 Å². The first-order valence-electron chi connectivity index (χ1n) is 6.05. The lowest BCUT2D eigenvalue weighted by atomic mass is 10.00. The molecule has 1 atom stereocenters. The van der Waals surface area contributed by atoms with Gasteiger partial charge in [0.1, 0.15) is 5.54 Å². The van der Waals surface area contributed by atoms with Crippen molar-refractivity contribution in [3.63, 3.8) is 0 Å². The summed E-state index contributed by atoms with van der Waals surface area (Å²) in [7, 11) is 0. The van der Waals surface area contributed by atoms with Gasteiger partial charge in [-0.25, -0.2) is 4.98 Å². The summed E-state index contributed by atoms with van der Waals surface area (Å²) in [6.45, 7) is 8.77. The molecule has 0 aliphatic carbocycles. The quantitative estimate of drug-likeness (QED) is 0.847. The second kappa shape index (κ2) is 4.51. The molecule has 2 N–H and O–H groups in total. The number of thiazole rings is 1. The molecule has 2 heterocycles. The van der Waals surface area contributed by atoms with Crippen molar-refractivity contribution in [1.29, 1.82) is 0 Å². The van der Waals surface area contributed by atoms with Crippen molar-refractivity contribution < 1.29 is 9.90 Å². The van der Waals surface area contributed by atoms with Crippen molar-refractivity contribution in [3.05, 3.63) is 10.6 Å². The average molecular weight is 269 g/mol. The van der Waals surface area contributed by atoms with Gasteiger partial charge in [-0.15, -0.1) is 0 Å². The Labute approximate surface area is 111 Å². The Bertz CT molecular complexity index is 468. The third kappa shape index (κ3) is 2.10. The van der Waals surface area contributed by atoms with Crippen molar-refractivity contribution in [2.45, 2.75) is 39.3 Å². The van der Waals surface area contributed by atoms with Crippen molar-refractivity contribution in [2.24, 2.45) is 0 Å². The second-order valence-corrected chi connectivity index (χ2v) is 6.10. The first-order valence-corrected chi connectivity index (χ1v) is 6.87. The molecule has 1 aromatic rings. The van der Waals surface area contributed by atoms with Gasteiger partial charge in [-0.3, -0.25) is 4.79 Å². The smallest absolute Gasteiger partial charge is 0.245 e. The van der Waals surface area contributed by atoms with E-state index in [1.54, 1.807) is 6.92 Å². The predicted octanol–water partition coefficient (Wildman–Crippen LogP) is 1.22. The van der Waals surface area contributed by atoms with Gasteiger partial charge in [0.25, 0.3) is 0 Å². The lowest BCUT2D eigenvalue weighted by Crippen LogP contribution is -2.62. The molecule has 0 aromatic carbocycles. The molecule has 0 saturated carbocycles. The Morgan fingerprint density at radius 2 is 2.22 bits per heavy atom. The Morgan fingerprint density at radius 3 is 2.78 bits per heavy atom. The van der Waals surface area contributed by atoms with E-state index >= 15 is 0 Å². The first kappa shape index (κ1) is 13.3. The van der Waals surface area contributed by atoms with Crippen LogP contribution in [0.25, 0.3) is 0 Å². The van der Waals surface area contributed by atoms with Gasteiger partial charge < -0.3 is 15.3 Å². The van der Waals surface area contributed by atoms with Gasteiger partial charge in [0.2, 0.25) is 5.91 Å². The van der Waals surface area contributed by atoms with Gasteiger partial charge in [-0.2, -0.15) is 0 Å². The minimum absolute atomic E-state index is 0.0141. The number of anilines is 1. The van der Waals surface area contributed by atoms with Crippen LogP contribution in [0.15, 0.2) is 0 Å². The molecule has 6 heteroatoms. The molecule has 1 aliphatic heterocycles. The lowest BCUT2D eigenvalue weighted by Gasteiger charge is -2.41. The molecular weight excluding hydrogens is 250 g/mol. The van der Waals surface area contributed by atoms with Gasteiger partial charge in [-0.1, -0.05) is 11.3 Å². The number of carbonyl (C=O) groups excluding carboxylic acids is 1. The number of aromatic nitrogens is 1. The number of carbonyl (C=O) groups is 1. The minimum atomic E-state index is -0.599. The topological polar surface area (TPSA) is 65.5 Å². The Kier molecular flexibility index (Phi) is 3.33. The molecular formula is C12H19N3O2S. The Morgan fingerprint density at radius 1 is 1.56 bits per heavy atom. The summed E-state index contributed by atoms with van der Waals surface area (Å²) >= 11 is 1.46. The van der Waals surface area contributed by atoms with Gasteiger partial charge >= 0.3 is 0 Å². The number of hydrogen-bond donors (Lipinski definition) is 2. The van der Waals surface area contributed by atoms with Crippen LogP contribution in [0.5, 0.6) is 0 Å². The van der Waals surface area contributed by atoms with Gasteiger partial charge in [0.05, 0.1) is 16.7 Å². The van der Waals surface area contributed by atoms with Crippen LogP contribution in [0.3, 0.4) is 0 Å².